The molecule has 1 N–H and O–H groups in total. The van der Waals surface area contributed by atoms with Gasteiger partial charge in [-0.05, 0) is 118 Å². The number of fused-ring (bicyclic) bond motifs is 5. The van der Waals surface area contributed by atoms with Gasteiger partial charge in [0.2, 0.25) is 0 Å². The Balaban J connectivity index is 1.50. The lowest BCUT2D eigenvalue weighted by Crippen LogP contribution is -2.53. The number of aliphatic hydroxyl groups is 1. The Morgan fingerprint density at radius 1 is 1.04 bits per heavy atom. The van der Waals surface area contributed by atoms with E-state index in [9.17, 15) is 9.90 Å². The van der Waals surface area contributed by atoms with E-state index in [0.29, 0.717) is 22.5 Å². The van der Waals surface area contributed by atoms with Gasteiger partial charge in [-0.3, -0.25) is 4.79 Å². The summed E-state index contributed by atoms with van der Waals surface area (Å²) < 4.78 is 0. The second kappa shape index (κ2) is 7.10. The Labute approximate surface area is 173 Å². The average Bonchev–Trinajstić information content (AvgIpc) is 2.97. The fourth-order valence-electron chi connectivity index (χ4n) is 8.80. The summed E-state index contributed by atoms with van der Waals surface area (Å²) in [5, 5.41) is 10.2. The molecular formula is C26H44O2. The molecule has 4 aliphatic carbocycles. The monoisotopic (exact) mass is 388 g/mol. The zero-order valence-corrected chi connectivity index (χ0v) is 19.1. The zero-order chi connectivity index (χ0) is 20.3. The molecule has 0 spiro atoms. The number of rotatable bonds is 4. The van der Waals surface area contributed by atoms with Crippen LogP contribution in [0.15, 0.2) is 0 Å². The highest BCUT2D eigenvalue weighted by Gasteiger charge is 2.60. The Morgan fingerprint density at radius 3 is 2.46 bits per heavy atom. The number of Topliss-reactive ketones (excluding diaryl/α,β-unsaturated/α-hetero) is 1. The molecule has 0 aliphatic heterocycles. The molecule has 4 fully saturated rings. The molecule has 4 aliphatic rings. The molecule has 0 saturated heterocycles. The Bertz CT molecular complexity index is 604. The van der Waals surface area contributed by atoms with Gasteiger partial charge in [-0.25, -0.2) is 0 Å². The van der Waals surface area contributed by atoms with E-state index in [1.165, 1.54) is 38.5 Å². The van der Waals surface area contributed by atoms with Crippen molar-refractivity contribution >= 4 is 5.78 Å². The predicted molar refractivity (Wildman–Crippen MR) is 115 cm³/mol. The Kier molecular flexibility index (Phi) is 5.30. The normalized spacial score (nSPS) is 47.2. The fraction of sp³-hybridized carbons (Fsp3) is 0.962. The number of ketones is 1. The second-order valence-electron chi connectivity index (χ2n) is 12.5. The van der Waals surface area contributed by atoms with Crippen molar-refractivity contribution in [2.45, 2.75) is 111 Å². The van der Waals surface area contributed by atoms with E-state index in [0.717, 1.165) is 61.7 Å². The summed E-state index contributed by atoms with van der Waals surface area (Å²) in [4.78, 5) is 12.1. The van der Waals surface area contributed by atoms with Crippen LogP contribution in [0.25, 0.3) is 0 Å². The first-order valence-electron chi connectivity index (χ1n) is 12.3. The van der Waals surface area contributed by atoms with Crippen LogP contribution < -0.4 is 0 Å². The molecular weight excluding hydrogens is 344 g/mol. The minimum absolute atomic E-state index is 0.433. The van der Waals surface area contributed by atoms with E-state index in [-0.39, 0.29) is 0 Å². The van der Waals surface area contributed by atoms with E-state index in [1.54, 1.807) is 0 Å². The summed E-state index contributed by atoms with van der Waals surface area (Å²) in [6.07, 6.45) is 13.3. The average molecular weight is 389 g/mol. The van der Waals surface area contributed by atoms with Gasteiger partial charge < -0.3 is 5.11 Å². The molecule has 2 nitrogen and oxygen atoms in total. The van der Waals surface area contributed by atoms with Gasteiger partial charge in [0.25, 0.3) is 0 Å². The molecule has 0 amide bonds. The number of hydrogen-bond acceptors (Lipinski definition) is 2. The van der Waals surface area contributed by atoms with Crippen molar-refractivity contribution in [2.75, 3.05) is 0 Å². The minimum Gasteiger partial charge on any atom is -0.390 e. The minimum atomic E-state index is -0.532. The summed E-state index contributed by atoms with van der Waals surface area (Å²) in [6.45, 7) is 11.6. The topological polar surface area (TPSA) is 37.3 Å². The van der Waals surface area contributed by atoms with Gasteiger partial charge >= 0.3 is 0 Å². The first kappa shape index (κ1) is 20.9. The maximum atomic E-state index is 12.1. The van der Waals surface area contributed by atoms with Gasteiger partial charge in [0.1, 0.15) is 5.78 Å². The molecule has 0 radical (unpaired) electrons. The second-order valence-corrected chi connectivity index (χ2v) is 12.5. The summed E-state index contributed by atoms with van der Waals surface area (Å²) in [5.74, 6) is 5.42. The van der Waals surface area contributed by atoms with E-state index in [4.69, 9.17) is 0 Å². The van der Waals surface area contributed by atoms with E-state index < -0.39 is 5.60 Å². The molecule has 0 aromatic heterocycles. The molecule has 0 aromatic rings. The number of carbonyl (C=O) groups is 1. The summed E-state index contributed by atoms with van der Waals surface area (Å²) in [5.41, 5.74) is 0.410. The lowest BCUT2D eigenvalue weighted by molar-refractivity contribution is -0.140. The van der Waals surface area contributed by atoms with Gasteiger partial charge in [0, 0.05) is 12.8 Å². The Hall–Kier alpha value is -0.370. The molecule has 4 unspecified atom stereocenters. The fourth-order valence-corrected chi connectivity index (χ4v) is 8.80. The number of carbonyl (C=O) groups excluding carboxylic acids is 1. The highest BCUT2D eigenvalue weighted by Crippen LogP contribution is 2.68. The van der Waals surface area contributed by atoms with Crippen molar-refractivity contribution in [2.24, 2.45) is 46.3 Å². The quantitative estimate of drug-likeness (QED) is 0.605. The molecule has 0 aromatic carbocycles. The van der Waals surface area contributed by atoms with Crippen molar-refractivity contribution in [1.82, 2.24) is 0 Å². The van der Waals surface area contributed by atoms with Crippen molar-refractivity contribution in [3.63, 3.8) is 0 Å². The molecule has 8 atom stereocenters. The third-order valence-corrected chi connectivity index (χ3v) is 10.5. The van der Waals surface area contributed by atoms with Crippen LogP contribution in [-0.4, -0.2) is 16.5 Å². The highest BCUT2D eigenvalue weighted by atomic mass is 16.3. The van der Waals surface area contributed by atoms with E-state index in [2.05, 4.69) is 20.8 Å². The predicted octanol–water partition coefficient (Wildman–Crippen LogP) is 6.40. The molecule has 0 bridgehead atoms. The van der Waals surface area contributed by atoms with Crippen LogP contribution in [0.4, 0.5) is 0 Å². The SMILES string of the molecule is C[C@H](CCC(C)(C)O)C1CCC2C3CC[C@@H]4CC(=O)CC[C@]4(C)C3CC[C@@]21C. The Morgan fingerprint density at radius 2 is 1.75 bits per heavy atom. The first-order chi connectivity index (χ1) is 13.0. The maximum absolute atomic E-state index is 12.1. The first-order valence-corrected chi connectivity index (χ1v) is 12.3. The van der Waals surface area contributed by atoms with Gasteiger partial charge in [-0.2, -0.15) is 0 Å². The van der Waals surface area contributed by atoms with Gasteiger partial charge in [-0.15, -0.1) is 0 Å². The summed E-state index contributed by atoms with van der Waals surface area (Å²) >= 11 is 0. The standard InChI is InChI=1S/C26H44O2/c1-17(10-13-24(2,3)28)21-8-9-22-20-7-6-18-16-19(27)11-14-25(18,4)23(20)12-15-26(21,22)5/h17-18,20-23,28H,6-16H2,1-5H3/t17-,18-,20?,21?,22?,23?,25+,26-/m1/s1. The molecule has 0 heterocycles. The smallest absolute Gasteiger partial charge is 0.133 e. The van der Waals surface area contributed by atoms with Gasteiger partial charge in [-0.1, -0.05) is 20.8 Å². The third-order valence-electron chi connectivity index (χ3n) is 10.5. The largest absolute Gasteiger partial charge is 0.390 e. The third kappa shape index (κ3) is 3.40. The molecule has 2 heteroatoms. The van der Waals surface area contributed by atoms with Crippen LogP contribution in [0.2, 0.25) is 0 Å². The van der Waals surface area contributed by atoms with Crippen LogP contribution in [0.1, 0.15) is 105 Å². The zero-order valence-electron chi connectivity index (χ0n) is 19.1. The highest BCUT2D eigenvalue weighted by molar-refractivity contribution is 5.79. The van der Waals surface area contributed by atoms with Crippen molar-refractivity contribution < 1.29 is 9.90 Å². The maximum Gasteiger partial charge on any atom is 0.133 e. The van der Waals surface area contributed by atoms with Gasteiger partial charge in [0.05, 0.1) is 5.60 Å². The van der Waals surface area contributed by atoms with Crippen LogP contribution in [0.5, 0.6) is 0 Å². The molecule has 28 heavy (non-hydrogen) atoms. The van der Waals surface area contributed by atoms with Crippen LogP contribution in [0.3, 0.4) is 0 Å². The van der Waals surface area contributed by atoms with Gasteiger partial charge in [0.15, 0.2) is 0 Å². The van der Waals surface area contributed by atoms with Crippen molar-refractivity contribution in [1.29, 1.82) is 0 Å². The van der Waals surface area contributed by atoms with Crippen molar-refractivity contribution in [3.8, 4) is 0 Å². The lowest BCUT2D eigenvalue weighted by Gasteiger charge is -2.60. The van der Waals surface area contributed by atoms with Crippen LogP contribution in [0, 0.1) is 46.3 Å². The van der Waals surface area contributed by atoms with Crippen LogP contribution in [-0.2, 0) is 4.79 Å². The van der Waals surface area contributed by atoms with Crippen LogP contribution >= 0.6 is 0 Å². The summed E-state index contributed by atoms with van der Waals surface area (Å²) in [7, 11) is 0. The molecule has 4 rings (SSSR count). The van der Waals surface area contributed by atoms with Crippen molar-refractivity contribution in [3.05, 3.63) is 0 Å². The number of hydrogen-bond donors (Lipinski definition) is 1. The molecule has 160 valence electrons. The van der Waals surface area contributed by atoms with E-state index >= 15 is 0 Å². The summed E-state index contributed by atoms with van der Waals surface area (Å²) in [6, 6.07) is 0. The van der Waals surface area contributed by atoms with E-state index in [1.807, 2.05) is 13.8 Å². The lowest BCUT2D eigenvalue weighted by atomic mass is 9.44. The molecule has 4 saturated carbocycles.